The van der Waals surface area contributed by atoms with Crippen LogP contribution in [0.3, 0.4) is 0 Å². The van der Waals surface area contributed by atoms with E-state index in [0.29, 0.717) is 12.0 Å². The number of anilines is 1. The SMILES string of the molecule is CC(C)CC(NC(=O)c1ccc(N(C)C)cc1)C(=O)N1CCC2C1C(=O)CN2C(=O)c1ccccc1C(F)(F)F. The molecule has 3 unspecified atom stereocenters. The molecule has 1 N–H and O–H groups in total. The molecule has 2 heterocycles. The molecular formula is C29H33F3N4O4. The van der Waals surface area contributed by atoms with Crippen molar-refractivity contribution in [3.63, 3.8) is 0 Å². The van der Waals surface area contributed by atoms with E-state index in [1.54, 1.807) is 24.3 Å². The van der Waals surface area contributed by atoms with Crippen molar-refractivity contribution < 1.29 is 32.3 Å². The summed E-state index contributed by atoms with van der Waals surface area (Å²) in [7, 11) is 3.76. The molecule has 3 amide bonds. The monoisotopic (exact) mass is 558 g/mol. The molecule has 2 aromatic rings. The second-order valence-electron chi connectivity index (χ2n) is 10.9. The summed E-state index contributed by atoms with van der Waals surface area (Å²) in [5, 5.41) is 2.81. The molecule has 0 spiro atoms. The third-order valence-corrected chi connectivity index (χ3v) is 7.39. The lowest BCUT2D eigenvalue weighted by atomic mass is 10.0. The first-order valence-electron chi connectivity index (χ1n) is 13.2. The zero-order chi connectivity index (χ0) is 29.4. The Morgan fingerprint density at radius 2 is 1.68 bits per heavy atom. The first-order chi connectivity index (χ1) is 18.8. The van der Waals surface area contributed by atoms with Gasteiger partial charge in [-0.1, -0.05) is 26.0 Å². The standard InChI is InChI=1S/C29H33F3N4O4/c1-17(2)15-22(33-26(38)18-9-11-19(12-10-18)34(3)4)28(40)35-14-13-23-25(35)24(37)16-36(23)27(39)20-7-5-6-8-21(20)29(30,31)32/h5-12,17,22-23,25H,13-16H2,1-4H3,(H,33,38). The minimum absolute atomic E-state index is 0.0417. The molecule has 2 aliphatic heterocycles. The number of ketones is 1. The number of benzene rings is 2. The fourth-order valence-electron chi connectivity index (χ4n) is 5.46. The minimum Gasteiger partial charge on any atom is -0.378 e. The van der Waals surface area contributed by atoms with Crippen molar-refractivity contribution in [3.05, 3.63) is 65.2 Å². The van der Waals surface area contributed by atoms with E-state index in [-0.39, 0.29) is 25.4 Å². The van der Waals surface area contributed by atoms with Crippen molar-refractivity contribution in [2.24, 2.45) is 5.92 Å². The van der Waals surface area contributed by atoms with Crippen LogP contribution in [0.1, 0.15) is 53.0 Å². The van der Waals surface area contributed by atoms with Crippen molar-refractivity contribution in [2.75, 3.05) is 32.1 Å². The molecule has 0 saturated carbocycles. The van der Waals surface area contributed by atoms with Crippen molar-refractivity contribution in [2.45, 2.75) is 51.0 Å². The highest BCUT2D eigenvalue weighted by atomic mass is 19.4. The van der Waals surface area contributed by atoms with E-state index in [4.69, 9.17) is 0 Å². The van der Waals surface area contributed by atoms with Crippen LogP contribution in [-0.4, -0.2) is 78.6 Å². The van der Waals surface area contributed by atoms with Crippen molar-refractivity contribution in [1.29, 1.82) is 0 Å². The Bertz CT molecular complexity index is 1290. The fourth-order valence-corrected chi connectivity index (χ4v) is 5.46. The average molecular weight is 559 g/mol. The van der Waals surface area contributed by atoms with Crippen LogP contribution in [0.2, 0.25) is 0 Å². The predicted octanol–water partition coefficient (Wildman–Crippen LogP) is 3.61. The Balaban J connectivity index is 1.53. The van der Waals surface area contributed by atoms with E-state index >= 15 is 0 Å². The normalized spacial score (nSPS) is 19.6. The highest BCUT2D eigenvalue weighted by Gasteiger charge is 2.53. The second kappa shape index (κ2) is 11.3. The van der Waals surface area contributed by atoms with Gasteiger partial charge in [0, 0.05) is 31.9 Å². The van der Waals surface area contributed by atoms with Gasteiger partial charge in [-0.05, 0) is 55.2 Å². The van der Waals surface area contributed by atoms with Gasteiger partial charge in [-0.25, -0.2) is 0 Å². The van der Waals surface area contributed by atoms with Crippen LogP contribution in [0.4, 0.5) is 18.9 Å². The Hall–Kier alpha value is -3.89. The number of Topliss-reactive ketones (excluding diaryl/α,β-unsaturated/α-hetero) is 1. The summed E-state index contributed by atoms with van der Waals surface area (Å²) >= 11 is 0. The van der Waals surface area contributed by atoms with Gasteiger partial charge >= 0.3 is 6.18 Å². The summed E-state index contributed by atoms with van der Waals surface area (Å²) in [6, 6.07) is 8.76. The Labute approximate surface area is 231 Å². The number of alkyl halides is 3. The summed E-state index contributed by atoms with van der Waals surface area (Å²) in [6.45, 7) is 3.57. The smallest absolute Gasteiger partial charge is 0.378 e. The number of halogens is 3. The average Bonchev–Trinajstić information content (AvgIpc) is 3.48. The van der Waals surface area contributed by atoms with Gasteiger partial charge in [0.05, 0.1) is 23.7 Å². The molecule has 2 aliphatic rings. The minimum atomic E-state index is -4.73. The third-order valence-electron chi connectivity index (χ3n) is 7.39. The van der Waals surface area contributed by atoms with Gasteiger partial charge in [0.25, 0.3) is 11.8 Å². The predicted molar refractivity (Wildman–Crippen MR) is 143 cm³/mol. The number of nitrogens with zero attached hydrogens (tertiary/aromatic N) is 3. The molecule has 0 bridgehead atoms. The summed E-state index contributed by atoms with van der Waals surface area (Å²) in [6.07, 6.45) is -4.16. The maximum atomic E-state index is 13.7. The van der Waals surface area contributed by atoms with Crippen LogP contribution in [0, 0.1) is 5.92 Å². The number of fused-ring (bicyclic) bond motifs is 1. The van der Waals surface area contributed by atoms with Crippen molar-refractivity contribution in [1.82, 2.24) is 15.1 Å². The summed E-state index contributed by atoms with van der Waals surface area (Å²) in [5.74, 6) is -2.14. The number of rotatable bonds is 7. The van der Waals surface area contributed by atoms with Crippen LogP contribution in [0.15, 0.2) is 48.5 Å². The van der Waals surface area contributed by atoms with E-state index in [2.05, 4.69) is 5.32 Å². The molecule has 0 aliphatic carbocycles. The Kier molecular flexibility index (Phi) is 8.23. The topological polar surface area (TPSA) is 90.0 Å². The lowest BCUT2D eigenvalue weighted by Gasteiger charge is -2.29. The highest BCUT2D eigenvalue weighted by Crippen LogP contribution is 2.36. The molecule has 2 fully saturated rings. The second-order valence-corrected chi connectivity index (χ2v) is 10.9. The molecule has 214 valence electrons. The Morgan fingerprint density at radius 3 is 2.27 bits per heavy atom. The van der Waals surface area contributed by atoms with Crippen LogP contribution in [0.5, 0.6) is 0 Å². The number of hydrogen-bond donors (Lipinski definition) is 1. The molecule has 3 atom stereocenters. The number of carbonyl (C=O) groups excluding carboxylic acids is 4. The molecule has 2 saturated heterocycles. The Morgan fingerprint density at radius 1 is 1.02 bits per heavy atom. The molecule has 4 rings (SSSR count). The van der Waals surface area contributed by atoms with Crippen LogP contribution >= 0.6 is 0 Å². The number of nitrogens with one attached hydrogen (secondary N) is 1. The van der Waals surface area contributed by atoms with Crippen LogP contribution < -0.4 is 10.2 Å². The zero-order valence-corrected chi connectivity index (χ0v) is 22.9. The molecule has 11 heteroatoms. The molecule has 0 radical (unpaired) electrons. The van der Waals surface area contributed by atoms with Gasteiger partial charge in [0.15, 0.2) is 5.78 Å². The maximum absolute atomic E-state index is 13.7. The van der Waals surface area contributed by atoms with Gasteiger partial charge in [-0.3, -0.25) is 19.2 Å². The lowest BCUT2D eigenvalue weighted by molar-refractivity contribution is -0.138. The molecular weight excluding hydrogens is 525 g/mol. The first kappa shape index (κ1) is 29.1. The van der Waals surface area contributed by atoms with Crippen molar-refractivity contribution in [3.8, 4) is 0 Å². The number of amides is 3. The lowest BCUT2D eigenvalue weighted by Crippen LogP contribution is -2.53. The van der Waals surface area contributed by atoms with Gasteiger partial charge in [-0.15, -0.1) is 0 Å². The van der Waals surface area contributed by atoms with E-state index < -0.39 is 58.9 Å². The van der Waals surface area contributed by atoms with E-state index in [1.807, 2.05) is 32.8 Å². The summed E-state index contributed by atoms with van der Waals surface area (Å²) in [4.78, 5) is 57.5. The first-order valence-corrected chi connectivity index (χ1v) is 13.2. The maximum Gasteiger partial charge on any atom is 0.417 e. The highest BCUT2D eigenvalue weighted by molar-refractivity contribution is 6.04. The zero-order valence-electron chi connectivity index (χ0n) is 22.9. The fraction of sp³-hybridized carbons (Fsp3) is 0.448. The molecule has 40 heavy (non-hydrogen) atoms. The molecule has 2 aromatic carbocycles. The van der Waals surface area contributed by atoms with Gasteiger partial charge in [0.1, 0.15) is 12.1 Å². The summed E-state index contributed by atoms with van der Waals surface area (Å²) < 4.78 is 40.7. The van der Waals surface area contributed by atoms with E-state index in [1.165, 1.54) is 17.0 Å². The van der Waals surface area contributed by atoms with E-state index in [0.717, 1.165) is 22.7 Å². The van der Waals surface area contributed by atoms with Gasteiger partial charge in [0.2, 0.25) is 5.91 Å². The number of carbonyl (C=O) groups is 4. The van der Waals surface area contributed by atoms with Gasteiger partial charge in [-0.2, -0.15) is 13.2 Å². The number of likely N-dealkylation sites (tertiary alicyclic amines) is 2. The van der Waals surface area contributed by atoms with Gasteiger partial charge < -0.3 is 20.0 Å². The molecule has 8 nitrogen and oxygen atoms in total. The third kappa shape index (κ3) is 5.83. The molecule has 0 aromatic heterocycles. The van der Waals surface area contributed by atoms with Crippen LogP contribution in [-0.2, 0) is 15.8 Å². The quantitative estimate of drug-likeness (QED) is 0.561. The van der Waals surface area contributed by atoms with E-state index in [9.17, 15) is 32.3 Å². The summed E-state index contributed by atoms with van der Waals surface area (Å²) in [5.41, 5.74) is -0.312. The van der Waals surface area contributed by atoms with Crippen molar-refractivity contribution >= 4 is 29.2 Å². The van der Waals surface area contributed by atoms with Crippen LogP contribution in [0.25, 0.3) is 0 Å². The number of hydrogen-bond acceptors (Lipinski definition) is 5. The largest absolute Gasteiger partial charge is 0.417 e.